The second kappa shape index (κ2) is 9.36. The number of benzene rings is 2. The number of imidazole rings is 1. The highest BCUT2D eigenvalue weighted by Crippen LogP contribution is 2.42. The van der Waals surface area contributed by atoms with Crippen molar-refractivity contribution >= 4 is 22.2 Å². The summed E-state index contributed by atoms with van der Waals surface area (Å²) < 4.78 is 18.1. The first-order valence-electron chi connectivity index (χ1n) is 13.6. The molecule has 9 heteroatoms. The molecule has 1 aliphatic heterocycles. The Balaban J connectivity index is 1.30. The quantitative estimate of drug-likeness (QED) is 0.371. The lowest BCUT2D eigenvalue weighted by atomic mass is 9.78. The van der Waals surface area contributed by atoms with Crippen molar-refractivity contribution in [2.75, 3.05) is 39.0 Å². The molecule has 2 N–H and O–H groups in total. The van der Waals surface area contributed by atoms with Crippen LogP contribution in [0.3, 0.4) is 0 Å². The summed E-state index contributed by atoms with van der Waals surface area (Å²) in [5, 5.41) is 5.28. The molecule has 198 valence electrons. The predicted octanol–water partition coefficient (Wildman–Crippen LogP) is 4.53. The first-order chi connectivity index (χ1) is 19.0. The van der Waals surface area contributed by atoms with E-state index in [1.807, 2.05) is 49.4 Å². The van der Waals surface area contributed by atoms with Gasteiger partial charge in [0.15, 0.2) is 11.6 Å². The third kappa shape index (κ3) is 4.04. The summed E-state index contributed by atoms with van der Waals surface area (Å²) >= 11 is 0. The van der Waals surface area contributed by atoms with Gasteiger partial charge in [0.05, 0.1) is 5.69 Å². The van der Waals surface area contributed by atoms with Crippen LogP contribution in [0.4, 0.5) is 10.2 Å². The van der Waals surface area contributed by atoms with E-state index in [1.165, 1.54) is 6.33 Å². The molecule has 7 rings (SSSR count). The molecule has 2 aromatic carbocycles. The smallest absolute Gasteiger partial charge is 0.158 e. The summed E-state index contributed by atoms with van der Waals surface area (Å²) in [7, 11) is 2.18. The van der Waals surface area contributed by atoms with Gasteiger partial charge in [-0.2, -0.15) is 5.10 Å². The predicted molar refractivity (Wildman–Crippen MR) is 151 cm³/mol. The minimum Gasteiger partial charge on any atom is -0.382 e. The summed E-state index contributed by atoms with van der Waals surface area (Å²) in [4.78, 5) is 18.9. The van der Waals surface area contributed by atoms with Crippen molar-refractivity contribution in [3.8, 4) is 22.5 Å². The Morgan fingerprint density at radius 3 is 2.51 bits per heavy atom. The Bertz CT molecular complexity index is 1680. The molecule has 0 amide bonds. The average molecular weight is 523 g/mol. The maximum atomic E-state index is 16.3. The topological polar surface area (TPSA) is 88.5 Å². The summed E-state index contributed by atoms with van der Waals surface area (Å²) in [6.45, 7) is 6.37. The molecule has 8 nitrogen and oxygen atoms in total. The van der Waals surface area contributed by atoms with Gasteiger partial charge in [-0.3, -0.25) is 4.90 Å². The number of nitrogens with zero attached hydrogens (tertiary/aromatic N) is 7. The number of piperazine rings is 1. The Kier molecular flexibility index (Phi) is 5.79. The van der Waals surface area contributed by atoms with Crippen molar-refractivity contribution in [1.29, 1.82) is 0 Å². The largest absolute Gasteiger partial charge is 0.382 e. The Morgan fingerprint density at radius 1 is 0.974 bits per heavy atom. The molecule has 0 unspecified atom stereocenters. The van der Waals surface area contributed by atoms with Crippen LogP contribution >= 0.6 is 0 Å². The SMILES string of the molecule is Cc1cc(-c2ccccc2)nc2c(F)c(-c3nc(C4CC(N5CCN(C)CC5)C4)n4ncnc(N)c34)ccc12. The molecule has 1 aliphatic carbocycles. The third-order valence-electron chi connectivity index (χ3n) is 8.47. The van der Waals surface area contributed by atoms with Crippen LogP contribution in [0.25, 0.3) is 38.9 Å². The maximum Gasteiger partial charge on any atom is 0.158 e. The van der Waals surface area contributed by atoms with E-state index in [9.17, 15) is 0 Å². The zero-order valence-electron chi connectivity index (χ0n) is 22.2. The highest BCUT2D eigenvalue weighted by Gasteiger charge is 2.39. The molecule has 4 heterocycles. The van der Waals surface area contributed by atoms with Gasteiger partial charge in [0.2, 0.25) is 0 Å². The van der Waals surface area contributed by atoms with Crippen molar-refractivity contribution in [3.63, 3.8) is 0 Å². The number of nitrogens with two attached hydrogens (primary N) is 1. The maximum absolute atomic E-state index is 16.3. The van der Waals surface area contributed by atoms with Gasteiger partial charge in [-0.25, -0.2) is 23.9 Å². The Morgan fingerprint density at radius 2 is 1.74 bits per heavy atom. The summed E-state index contributed by atoms with van der Waals surface area (Å²) in [5.41, 5.74) is 10.7. The zero-order chi connectivity index (χ0) is 26.7. The molecule has 2 aliphatic rings. The average Bonchev–Trinajstić information content (AvgIpc) is 3.30. The van der Waals surface area contributed by atoms with Crippen LogP contribution in [0.2, 0.25) is 0 Å². The van der Waals surface area contributed by atoms with E-state index in [0.29, 0.717) is 28.3 Å². The molecule has 0 atom stereocenters. The molecular formula is C30H31FN8. The van der Waals surface area contributed by atoms with Crippen LogP contribution in [-0.4, -0.2) is 73.6 Å². The number of hydrogen-bond acceptors (Lipinski definition) is 7. The molecule has 0 bridgehead atoms. The van der Waals surface area contributed by atoms with E-state index < -0.39 is 5.82 Å². The van der Waals surface area contributed by atoms with Crippen LogP contribution < -0.4 is 5.73 Å². The van der Waals surface area contributed by atoms with Crippen molar-refractivity contribution in [2.45, 2.75) is 31.7 Å². The Labute approximate surface area is 226 Å². The lowest BCUT2D eigenvalue weighted by Gasteiger charge is -2.45. The number of nitrogen functional groups attached to an aromatic ring is 1. The van der Waals surface area contributed by atoms with Crippen LogP contribution in [0.5, 0.6) is 0 Å². The number of halogens is 1. The van der Waals surface area contributed by atoms with Gasteiger partial charge in [-0.1, -0.05) is 36.4 Å². The van der Waals surface area contributed by atoms with Crippen LogP contribution in [0.15, 0.2) is 54.9 Å². The molecular weight excluding hydrogens is 491 g/mol. The van der Waals surface area contributed by atoms with E-state index in [-0.39, 0.29) is 11.7 Å². The van der Waals surface area contributed by atoms with Gasteiger partial charge in [0.25, 0.3) is 0 Å². The molecule has 3 aromatic heterocycles. The fourth-order valence-electron chi connectivity index (χ4n) is 6.08. The molecule has 5 aromatic rings. The fourth-order valence-corrected chi connectivity index (χ4v) is 6.08. The Hall–Kier alpha value is -3.95. The summed E-state index contributed by atoms with van der Waals surface area (Å²) in [6.07, 6.45) is 3.46. The number of hydrogen-bond donors (Lipinski definition) is 1. The van der Waals surface area contributed by atoms with Gasteiger partial charge in [0, 0.05) is 54.7 Å². The number of rotatable bonds is 4. The van der Waals surface area contributed by atoms with E-state index in [0.717, 1.165) is 67.1 Å². The minimum absolute atomic E-state index is 0.235. The molecule has 39 heavy (non-hydrogen) atoms. The molecule has 1 saturated heterocycles. The molecule has 0 spiro atoms. The van der Waals surface area contributed by atoms with Gasteiger partial charge in [0.1, 0.15) is 28.9 Å². The fraction of sp³-hybridized carbons (Fsp3) is 0.333. The van der Waals surface area contributed by atoms with Crippen molar-refractivity contribution in [3.05, 3.63) is 72.1 Å². The van der Waals surface area contributed by atoms with Gasteiger partial charge in [-0.05, 0) is 44.5 Å². The van der Waals surface area contributed by atoms with E-state index in [2.05, 4.69) is 26.9 Å². The second-order valence-electron chi connectivity index (χ2n) is 10.9. The highest BCUT2D eigenvalue weighted by atomic mass is 19.1. The number of fused-ring (bicyclic) bond motifs is 2. The third-order valence-corrected chi connectivity index (χ3v) is 8.47. The normalized spacial score (nSPS) is 20.5. The van der Waals surface area contributed by atoms with Crippen molar-refractivity contribution in [1.82, 2.24) is 34.4 Å². The van der Waals surface area contributed by atoms with Crippen molar-refractivity contribution < 1.29 is 4.39 Å². The summed E-state index contributed by atoms with van der Waals surface area (Å²) in [6, 6.07) is 16.1. The lowest BCUT2D eigenvalue weighted by Crippen LogP contribution is -2.52. The first-order valence-corrected chi connectivity index (χ1v) is 13.6. The number of aryl methyl sites for hydroxylation is 1. The number of pyridine rings is 1. The molecule has 1 saturated carbocycles. The highest BCUT2D eigenvalue weighted by molar-refractivity contribution is 5.93. The number of anilines is 1. The molecule has 0 radical (unpaired) electrons. The van der Waals surface area contributed by atoms with Crippen LogP contribution in [0, 0.1) is 12.7 Å². The number of aromatic nitrogens is 5. The first kappa shape index (κ1) is 24.1. The van der Waals surface area contributed by atoms with Gasteiger partial charge in [-0.15, -0.1) is 0 Å². The summed E-state index contributed by atoms with van der Waals surface area (Å²) in [5.74, 6) is 0.933. The van der Waals surface area contributed by atoms with E-state index >= 15 is 4.39 Å². The molecule has 2 fully saturated rings. The standard InChI is InChI=1S/C30H31FN8/c1-18-14-24(19-6-4-3-5-7-19)35-26-22(18)8-9-23(25(26)31)27-28-29(32)33-17-34-39(28)30(36-27)20-15-21(16-20)38-12-10-37(2)11-13-38/h3-9,14,17,20-21H,10-13,15-16H2,1-2H3,(H2,32,33,34). The van der Waals surface area contributed by atoms with E-state index in [4.69, 9.17) is 15.7 Å². The second-order valence-corrected chi connectivity index (χ2v) is 10.9. The lowest BCUT2D eigenvalue weighted by molar-refractivity contribution is 0.0584. The zero-order valence-corrected chi connectivity index (χ0v) is 22.2. The number of likely N-dealkylation sites (N-methyl/N-ethyl adjacent to an activating group) is 1. The van der Waals surface area contributed by atoms with Crippen molar-refractivity contribution in [2.24, 2.45) is 0 Å². The van der Waals surface area contributed by atoms with E-state index in [1.54, 1.807) is 10.6 Å². The van der Waals surface area contributed by atoms with Crippen LogP contribution in [-0.2, 0) is 0 Å². The van der Waals surface area contributed by atoms with Crippen LogP contribution in [0.1, 0.15) is 30.1 Å². The minimum atomic E-state index is -0.410. The van der Waals surface area contributed by atoms with Gasteiger partial charge < -0.3 is 10.6 Å². The monoisotopic (exact) mass is 522 g/mol. The van der Waals surface area contributed by atoms with Gasteiger partial charge >= 0.3 is 0 Å².